The molecule has 0 spiro atoms. The standard InChI is InChI=1S/C51H97NO5/c1-3-5-7-9-11-13-14-21-25-29-33-37-41-45-51(56)57-46-42-38-34-30-26-23-20-18-16-15-17-19-22-24-28-32-36-40-44-50(55)52-48(47-53)49(54)43-39-35-31-27-12-10-8-6-4-2/h7,9,13-14,48-49,53-54H,3-6,8,10-12,15-47H2,1-2H3,(H,52,55)/b9-7-,14-13-. The van der Waals surface area contributed by atoms with Crippen LogP contribution in [0.1, 0.15) is 264 Å². The molecule has 0 heterocycles. The molecule has 3 N–H and O–H groups in total. The van der Waals surface area contributed by atoms with E-state index in [1.165, 1.54) is 180 Å². The summed E-state index contributed by atoms with van der Waals surface area (Å²) in [7, 11) is 0. The molecule has 1 amide bonds. The van der Waals surface area contributed by atoms with E-state index in [4.69, 9.17) is 4.74 Å². The normalized spacial score (nSPS) is 12.8. The van der Waals surface area contributed by atoms with Crippen LogP contribution in [-0.2, 0) is 14.3 Å². The Hall–Kier alpha value is -1.66. The van der Waals surface area contributed by atoms with Gasteiger partial charge in [0.25, 0.3) is 0 Å². The number of hydrogen-bond acceptors (Lipinski definition) is 5. The smallest absolute Gasteiger partial charge is 0.305 e. The molecule has 0 bridgehead atoms. The summed E-state index contributed by atoms with van der Waals surface area (Å²) in [5, 5.41) is 23.1. The van der Waals surface area contributed by atoms with E-state index >= 15 is 0 Å². The number of unbranched alkanes of at least 4 members (excludes halogenated alkanes) is 31. The quantitative estimate of drug-likeness (QED) is 0.0324. The fourth-order valence-electron chi connectivity index (χ4n) is 7.62. The second-order valence-corrected chi connectivity index (χ2v) is 17.1. The van der Waals surface area contributed by atoms with Crippen LogP contribution in [0, 0.1) is 0 Å². The van der Waals surface area contributed by atoms with E-state index in [1.54, 1.807) is 0 Å². The van der Waals surface area contributed by atoms with Gasteiger partial charge >= 0.3 is 5.97 Å². The predicted molar refractivity (Wildman–Crippen MR) is 246 cm³/mol. The fourth-order valence-corrected chi connectivity index (χ4v) is 7.62. The topological polar surface area (TPSA) is 95.9 Å². The zero-order chi connectivity index (χ0) is 41.5. The van der Waals surface area contributed by atoms with Gasteiger partial charge in [-0.2, -0.15) is 0 Å². The van der Waals surface area contributed by atoms with Crippen molar-refractivity contribution >= 4 is 11.9 Å². The highest BCUT2D eigenvalue weighted by atomic mass is 16.5. The molecule has 0 aliphatic heterocycles. The van der Waals surface area contributed by atoms with Crippen LogP contribution in [0.4, 0.5) is 0 Å². The van der Waals surface area contributed by atoms with Gasteiger partial charge in [0.05, 0.1) is 25.4 Å². The van der Waals surface area contributed by atoms with E-state index in [9.17, 15) is 19.8 Å². The molecule has 2 atom stereocenters. The minimum absolute atomic E-state index is 0.00859. The van der Waals surface area contributed by atoms with E-state index in [0.717, 1.165) is 51.4 Å². The second kappa shape index (κ2) is 47.0. The number of hydrogen-bond donors (Lipinski definition) is 3. The Labute approximate surface area is 354 Å². The molecule has 0 aromatic rings. The SMILES string of the molecule is CCC/C=C\C/C=C\CCCCCCCC(=O)OCCCCCCCCCCCCCCCCCCCCC(=O)NC(CO)C(O)CCCCCCCCCCC. The zero-order valence-electron chi connectivity index (χ0n) is 38.1. The minimum atomic E-state index is -0.664. The molecule has 0 saturated heterocycles. The number of allylic oxidation sites excluding steroid dienone is 4. The van der Waals surface area contributed by atoms with Crippen molar-refractivity contribution in [3.05, 3.63) is 24.3 Å². The maximum absolute atomic E-state index is 12.4. The van der Waals surface area contributed by atoms with Crippen LogP contribution in [0.25, 0.3) is 0 Å². The maximum atomic E-state index is 12.4. The molecule has 2 unspecified atom stereocenters. The van der Waals surface area contributed by atoms with Gasteiger partial charge in [0.15, 0.2) is 0 Å². The first-order valence-electron chi connectivity index (χ1n) is 25.1. The van der Waals surface area contributed by atoms with Crippen LogP contribution in [0.5, 0.6) is 0 Å². The Balaban J connectivity index is 3.39. The van der Waals surface area contributed by atoms with Gasteiger partial charge in [0, 0.05) is 12.8 Å². The van der Waals surface area contributed by atoms with Crippen molar-refractivity contribution in [2.45, 2.75) is 276 Å². The van der Waals surface area contributed by atoms with Gasteiger partial charge in [-0.15, -0.1) is 0 Å². The maximum Gasteiger partial charge on any atom is 0.305 e. The average Bonchev–Trinajstić information content (AvgIpc) is 3.21. The fraction of sp³-hybridized carbons (Fsp3) is 0.882. The van der Waals surface area contributed by atoms with Crippen molar-refractivity contribution in [2.24, 2.45) is 0 Å². The molecule has 6 heteroatoms. The van der Waals surface area contributed by atoms with Crippen LogP contribution in [0.3, 0.4) is 0 Å². The highest BCUT2D eigenvalue weighted by Gasteiger charge is 2.20. The van der Waals surface area contributed by atoms with Crippen LogP contribution < -0.4 is 5.32 Å². The molecule has 0 fully saturated rings. The largest absolute Gasteiger partial charge is 0.466 e. The molecule has 0 rings (SSSR count). The van der Waals surface area contributed by atoms with Gasteiger partial charge in [0.1, 0.15) is 0 Å². The lowest BCUT2D eigenvalue weighted by atomic mass is 10.0. The summed E-state index contributed by atoms with van der Waals surface area (Å²) in [6.45, 7) is 4.85. The number of carbonyl (C=O) groups is 2. The predicted octanol–water partition coefficient (Wildman–Crippen LogP) is 14.7. The molecule has 57 heavy (non-hydrogen) atoms. The molecule has 0 aromatic heterocycles. The highest BCUT2D eigenvalue weighted by molar-refractivity contribution is 5.76. The van der Waals surface area contributed by atoms with Gasteiger partial charge < -0.3 is 20.3 Å². The number of aliphatic hydroxyl groups is 2. The summed E-state index contributed by atoms with van der Waals surface area (Å²) in [6.07, 6.45) is 54.4. The Morgan fingerprint density at radius 2 is 0.912 bits per heavy atom. The third-order valence-electron chi connectivity index (χ3n) is 11.5. The van der Waals surface area contributed by atoms with Crippen molar-refractivity contribution in [3.63, 3.8) is 0 Å². The molecule has 0 aromatic carbocycles. The average molecular weight is 804 g/mol. The summed E-state index contributed by atoms with van der Waals surface area (Å²) in [6, 6.07) is -0.542. The zero-order valence-corrected chi connectivity index (χ0v) is 38.1. The van der Waals surface area contributed by atoms with E-state index < -0.39 is 12.1 Å². The molecule has 0 aliphatic rings. The third-order valence-corrected chi connectivity index (χ3v) is 11.5. The van der Waals surface area contributed by atoms with Gasteiger partial charge in [-0.05, 0) is 51.4 Å². The van der Waals surface area contributed by atoms with Crippen molar-refractivity contribution < 1.29 is 24.5 Å². The Bertz CT molecular complexity index is 889. The van der Waals surface area contributed by atoms with Gasteiger partial charge in [-0.3, -0.25) is 9.59 Å². The first-order valence-corrected chi connectivity index (χ1v) is 25.1. The molecular weight excluding hydrogens is 707 g/mol. The number of carbonyl (C=O) groups excluding carboxylic acids is 2. The van der Waals surface area contributed by atoms with Crippen LogP contribution in [0.15, 0.2) is 24.3 Å². The minimum Gasteiger partial charge on any atom is -0.466 e. The van der Waals surface area contributed by atoms with Gasteiger partial charge in [-0.25, -0.2) is 0 Å². The monoisotopic (exact) mass is 804 g/mol. The van der Waals surface area contributed by atoms with E-state index in [2.05, 4.69) is 43.5 Å². The number of ether oxygens (including phenoxy) is 1. The molecule has 0 radical (unpaired) electrons. The lowest BCUT2D eigenvalue weighted by Gasteiger charge is -2.22. The Morgan fingerprint density at radius 1 is 0.491 bits per heavy atom. The third kappa shape index (κ3) is 43.7. The lowest BCUT2D eigenvalue weighted by Crippen LogP contribution is -2.45. The number of amides is 1. The Kier molecular flexibility index (Phi) is 45.7. The van der Waals surface area contributed by atoms with Crippen LogP contribution in [-0.4, -0.2) is 47.4 Å². The van der Waals surface area contributed by atoms with Crippen molar-refractivity contribution in [1.29, 1.82) is 0 Å². The van der Waals surface area contributed by atoms with Crippen molar-refractivity contribution in [2.75, 3.05) is 13.2 Å². The lowest BCUT2D eigenvalue weighted by molar-refractivity contribution is -0.143. The molecular formula is C51H97NO5. The summed E-state index contributed by atoms with van der Waals surface area (Å²) < 4.78 is 5.45. The number of esters is 1. The Morgan fingerprint density at radius 3 is 1.40 bits per heavy atom. The molecule has 6 nitrogen and oxygen atoms in total. The van der Waals surface area contributed by atoms with E-state index in [-0.39, 0.29) is 18.5 Å². The van der Waals surface area contributed by atoms with E-state index in [0.29, 0.717) is 25.9 Å². The van der Waals surface area contributed by atoms with Crippen LogP contribution >= 0.6 is 0 Å². The highest BCUT2D eigenvalue weighted by Crippen LogP contribution is 2.16. The first-order chi connectivity index (χ1) is 28.0. The number of rotatable bonds is 46. The number of nitrogens with one attached hydrogen (secondary N) is 1. The molecule has 336 valence electrons. The summed E-state index contributed by atoms with van der Waals surface area (Å²) >= 11 is 0. The van der Waals surface area contributed by atoms with Gasteiger partial charge in [0.2, 0.25) is 5.91 Å². The van der Waals surface area contributed by atoms with Crippen molar-refractivity contribution in [1.82, 2.24) is 5.32 Å². The second-order valence-electron chi connectivity index (χ2n) is 17.1. The molecule has 0 saturated carbocycles. The summed E-state index contributed by atoms with van der Waals surface area (Å²) in [5.41, 5.74) is 0. The van der Waals surface area contributed by atoms with E-state index in [1.807, 2.05) is 0 Å². The molecule has 0 aliphatic carbocycles. The van der Waals surface area contributed by atoms with Crippen molar-refractivity contribution in [3.8, 4) is 0 Å². The first kappa shape index (κ1) is 55.3. The summed E-state index contributed by atoms with van der Waals surface area (Å²) in [5.74, 6) is -0.0508. The van der Waals surface area contributed by atoms with Gasteiger partial charge in [-0.1, -0.05) is 224 Å². The number of aliphatic hydroxyl groups excluding tert-OH is 2. The summed E-state index contributed by atoms with van der Waals surface area (Å²) in [4.78, 5) is 24.4. The van der Waals surface area contributed by atoms with Crippen LogP contribution in [0.2, 0.25) is 0 Å².